The lowest BCUT2D eigenvalue weighted by Crippen LogP contribution is -2.21. The maximum absolute atomic E-state index is 11.0. The molecule has 0 amide bonds. The maximum atomic E-state index is 11.0. The Kier molecular flexibility index (Phi) is 6.57. The zero-order valence-corrected chi connectivity index (χ0v) is 20.8. The summed E-state index contributed by atoms with van der Waals surface area (Å²) < 4.78 is 11.0. The summed E-state index contributed by atoms with van der Waals surface area (Å²) in [6.45, 7) is 8.50. The Balaban J connectivity index is 1.62. The van der Waals surface area contributed by atoms with Crippen molar-refractivity contribution in [3.8, 4) is 11.5 Å². The van der Waals surface area contributed by atoms with E-state index in [-0.39, 0.29) is 11.0 Å². The van der Waals surface area contributed by atoms with Crippen LogP contribution in [-0.2, 0) is 5.41 Å². The first-order valence-electron chi connectivity index (χ1n) is 11.2. The molecule has 0 bridgehead atoms. The Morgan fingerprint density at radius 3 is 1.92 bits per heavy atom. The van der Waals surface area contributed by atoms with Crippen molar-refractivity contribution in [1.82, 2.24) is 0 Å². The number of fused-ring (bicyclic) bond motifs is 1. The van der Waals surface area contributed by atoms with Crippen LogP contribution in [0.3, 0.4) is 0 Å². The van der Waals surface area contributed by atoms with Gasteiger partial charge < -0.3 is 19.5 Å². The third kappa shape index (κ3) is 4.55. The summed E-state index contributed by atoms with van der Waals surface area (Å²) in [6.07, 6.45) is 0. The van der Waals surface area contributed by atoms with E-state index in [2.05, 4.69) is 45.8 Å². The fraction of sp³-hybridized carbons (Fsp3) is 0.222. The van der Waals surface area contributed by atoms with Gasteiger partial charge in [-0.05, 0) is 48.0 Å². The molecule has 0 fully saturated rings. The number of carboxylic acid groups (broad SMARTS) is 1. The fourth-order valence-electron chi connectivity index (χ4n) is 4.02. The molecular formula is C27H27N5O4. The molecule has 0 radical (unpaired) electrons. The average molecular weight is 486 g/mol. The van der Waals surface area contributed by atoms with E-state index in [0.717, 1.165) is 16.9 Å². The second-order valence-electron chi connectivity index (χ2n) is 8.78. The lowest BCUT2D eigenvalue weighted by molar-refractivity contribution is 0.0697. The standard InChI is InChI=1S/C27H27N5O4/c1-16-27(2,3)20-13-19(11-12-23(20)32(16)4)29-31-22-15-24(35-5)21(14-25(22)36-6)30-28-18-9-7-17(8-10-18)26(33)34/h7-15H,1H2,2-6H3,(H,33,34). The molecule has 0 spiro atoms. The van der Waals surface area contributed by atoms with Crippen LogP contribution in [-0.4, -0.2) is 32.3 Å². The van der Waals surface area contributed by atoms with E-state index in [9.17, 15) is 4.79 Å². The summed E-state index contributed by atoms with van der Waals surface area (Å²) in [5, 5.41) is 26.3. The van der Waals surface area contributed by atoms with E-state index in [0.29, 0.717) is 34.2 Å². The number of nitrogens with zero attached hydrogens (tertiary/aromatic N) is 5. The van der Waals surface area contributed by atoms with Crippen molar-refractivity contribution in [1.29, 1.82) is 0 Å². The number of likely N-dealkylation sites (N-methyl/N-ethyl adjacent to an activating group) is 1. The summed E-state index contributed by atoms with van der Waals surface area (Å²) in [5.74, 6) is -0.121. The minimum atomic E-state index is -1.00. The van der Waals surface area contributed by atoms with E-state index in [4.69, 9.17) is 14.6 Å². The van der Waals surface area contributed by atoms with Crippen molar-refractivity contribution in [2.45, 2.75) is 19.3 Å². The Labute approximate surface area is 209 Å². The summed E-state index contributed by atoms with van der Waals surface area (Å²) in [5.41, 5.74) is 5.36. The first kappa shape index (κ1) is 24.6. The molecule has 4 rings (SSSR count). The molecule has 1 aliphatic rings. The normalized spacial score (nSPS) is 14.5. The molecule has 36 heavy (non-hydrogen) atoms. The van der Waals surface area contributed by atoms with Gasteiger partial charge in [0.1, 0.15) is 22.9 Å². The largest absolute Gasteiger partial charge is 0.494 e. The number of rotatable bonds is 7. The number of carbonyl (C=O) groups is 1. The number of ether oxygens (including phenoxy) is 2. The van der Waals surface area contributed by atoms with Gasteiger partial charge in [-0.1, -0.05) is 20.4 Å². The number of carboxylic acids is 1. The van der Waals surface area contributed by atoms with Gasteiger partial charge in [0.05, 0.1) is 31.2 Å². The third-order valence-electron chi connectivity index (χ3n) is 6.28. The Morgan fingerprint density at radius 1 is 0.861 bits per heavy atom. The van der Waals surface area contributed by atoms with Crippen molar-refractivity contribution in [2.24, 2.45) is 20.5 Å². The van der Waals surface area contributed by atoms with Gasteiger partial charge in [-0.2, -0.15) is 10.2 Å². The highest BCUT2D eigenvalue weighted by molar-refractivity contribution is 5.87. The number of hydrogen-bond acceptors (Lipinski definition) is 8. The van der Waals surface area contributed by atoms with E-state index in [1.165, 1.54) is 26.4 Å². The first-order valence-corrected chi connectivity index (χ1v) is 11.2. The predicted octanol–water partition coefficient (Wildman–Crippen LogP) is 7.47. The number of azo groups is 2. The van der Waals surface area contributed by atoms with Crippen LogP contribution in [0.4, 0.5) is 28.4 Å². The fourth-order valence-corrected chi connectivity index (χ4v) is 4.02. The second-order valence-corrected chi connectivity index (χ2v) is 8.78. The van der Waals surface area contributed by atoms with Crippen molar-refractivity contribution in [3.63, 3.8) is 0 Å². The number of benzene rings is 3. The number of allylic oxidation sites excluding steroid dienone is 1. The molecule has 3 aromatic carbocycles. The topological polar surface area (TPSA) is 108 Å². The minimum absolute atomic E-state index is 0.173. The molecular weight excluding hydrogens is 458 g/mol. The van der Waals surface area contributed by atoms with Gasteiger partial charge in [0.2, 0.25) is 0 Å². The second kappa shape index (κ2) is 9.61. The summed E-state index contributed by atoms with van der Waals surface area (Å²) in [6, 6.07) is 15.4. The van der Waals surface area contributed by atoms with E-state index >= 15 is 0 Å². The Bertz CT molecular complexity index is 1390. The molecule has 1 heterocycles. The van der Waals surface area contributed by atoms with Crippen molar-refractivity contribution >= 4 is 34.4 Å². The highest BCUT2D eigenvalue weighted by atomic mass is 16.5. The van der Waals surface area contributed by atoms with Crippen LogP contribution >= 0.6 is 0 Å². The maximum Gasteiger partial charge on any atom is 0.335 e. The third-order valence-corrected chi connectivity index (χ3v) is 6.28. The highest BCUT2D eigenvalue weighted by Crippen LogP contribution is 2.47. The average Bonchev–Trinajstić information content (AvgIpc) is 3.05. The molecule has 0 aromatic heterocycles. The first-order chi connectivity index (χ1) is 17.1. The van der Waals surface area contributed by atoms with Gasteiger partial charge in [-0.3, -0.25) is 0 Å². The molecule has 0 saturated heterocycles. The van der Waals surface area contributed by atoms with Crippen molar-refractivity contribution in [2.75, 3.05) is 26.2 Å². The number of hydrogen-bond donors (Lipinski definition) is 1. The predicted molar refractivity (Wildman–Crippen MR) is 138 cm³/mol. The molecule has 0 saturated carbocycles. The summed E-state index contributed by atoms with van der Waals surface area (Å²) >= 11 is 0. The van der Waals surface area contributed by atoms with Crippen LogP contribution in [0.5, 0.6) is 11.5 Å². The lowest BCUT2D eigenvalue weighted by Gasteiger charge is -2.22. The molecule has 0 unspecified atom stereocenters. The molecule has 0 atom stereocenters. The smallest absolute Gasteiger partial charge is 0.335 e. The zero-order valence-electron chi connectivity index (χ0n) is 20.8. The number of anilines is 1. The molecule has 1 aliphatic heterocycles. The number of methoxy groups -OCH3 is 2. The van der Waals surface area contributed by atoms with Crippen LogP contribution in [0.1, 0.15) is 29.8 Å². The number of aromatic carboxylic acids is 1. The van der Waals surface area contributed by atoms with Gasteiger partial charge in [-0.15, -0.1) is 10.2 Å². The Hall–Kier alpha value is -4.53. The van der Waals surface area contributed by atoms with Gasteiger partial charge in [0.15, 0.2) is 0 Å². The van der Waals surface area contributed by atoms with Crippen molar-refractivity contribution in [3.05, 3.63) is 78.0 Å². The van der Waals surface area contributed by atoms with Crippen LogP contribution in [0.2, 0.25) is 0 Å². The van der Waals surface area contributed by atoms with Gasteiger partial charge in [0.25, 0.3) is 0 Å². The minimum Gasteiger partial charge on any atom is -0.494 e. The van der Waals surface area contributed by atoms with Gasteiger partial charge >= 0.3 is 5.97 Å². The summed E-state index contributed by atoms with van der Waals surface area (Å²) in [7, 11) is 5.07. The van der Waals surface area contributed by atoms with Gasteiger partial charge in [0, 0.05) is 36.0 Å². The van der Waals surface area contributed by atoms with Gasteiger partial charge in [-0.25, -0.2) is 4.79 Å². The lowest BCUT2D eigenvalue weighted by atomic mass is 9.84. The van der Waals surface area contributed by atoms with E-state index in [1.807, 2.05) is 25.2 Å². The van der Waals surface area contributed by atoms with E-state index in [1.54, 1.807) is 24.3 Å². The van der Waals surface area contributed by atoms with Crippen LogP contribution < -0.4 is 14.4 Å². The molecule has 3 aromatic rings. The summed E-state index contributed by atoms with van der Waals surface area (Å²) in [4.78, 5) is 13.1. The Morgan fingerprint density at radius 2 is 1.39 bits per heavy atom. The molecule has 9 heteroatoms. The van der Waals surface area contributed by atoms with Crippen LogP contribution in [0.15, 0.2) is 87.3 Å². The molecule has 9 nitrogen and oxygen atoms in total. The highest BCUT2D eigenvalue weighted by Gasteiger charge is 2.37. The zero-order chi connectivity index (χ0) is 26.0. The molecule has 184 valence electrons. The monoisotopic (exact) mass is 485 g/mol. The van der Waals surface area contributed by atoms with Crippen LogP contribution in [0, 0.1) is 0 Å². The molecule has 1 N–H and O–H groups in total. The van der Waals surface area contributed by atoms with Crippen LogP contribution in [0.25, 0.3) is 0 Å². The SMILES string of the molecule is C=C1N(C)c2ccc(N=Nc3cc(OC)c(N=Nc4ccc(C(=O)O)cc4)cc3OC)cc2C1(C)C. The molecule has 0 aliphatic carbocycles. The van der Waals surface area contributed by atoms with Crippen molar-refractivity contribution < 1.29 is 19.4 Å². The van der Waals surface area contributed by atoms with E-state index < -0.39 is 5.97 Å². The quantitative estimate of drug-likeness (QED) is 0.349.